The van der Waals surface area contributed by atoms with Gasteiger partial charge in [0.05, 0.1) is 12.6 Å². The van der Waals surface area contributed by atoms with E-state index in [0.29, 0.717) is 6.61 Å². The molecule has 0 aromatic carbocycles. The highest BCUT2D eigenvalue weighted by Crippen LogP contribution is 2.16. The van der Waals surface area contributed by atoms with Gasteiger partial charge in [-0.2, -0.15) is 0 Å². The molecule has 2 aliphatic rings. The lowest BCUT2D eigenvalue weighted by molar-refractivity contribution is 0.176. The van der Waals surface area contributed by atoms with E-state index < -0.39 is 0 Å². The standard InChI is InChI=1S/C5H7NO3/c7-5-6-3(1-9-5)4-2-8-4/h3-4H,1-2H2,(H,6,7)/t3-,4?/m0/s1. The lowest BCUT2D eigenvalue weighted by atomic mass is 10.2. The third-order valence-electron chi connectivity index (χ3n) is 1.51. The molecule has 0 saturated carbocycles. The Hall–Kier alpha value is -0.770. The number of nitrogens with one attached hydrogen (secondary N) is 1. The van der Waals surface area contributed by atoms with Crippen molar-refractivity contribution in [2.24, 2.45) is 0 Å². The molecule has 4 heteroatoms. The summed E-state index contributed by atoms with van der Waals surface area (Å²) in [6.45, 7) is 1.22. The van der Waals surface area contributed by atoms with Crippen molar-refractivity contribution in [3.63, 3.8) is 0 Å². The first-order valence-corrected chi connectivity index (χ1v) is 2.91. The molecule has 0 aromatic heterocycles. The lowest BCUT2D eigenvalue weighted by Gasteiger charge is -1.98. The van der Waals surface area contributed by atoms with Crippen LogP contribution in [0.3, 0.4) is 0 Å². The van der Waals surface area contributed by atoms with Gasteiger partial charge in [-0.15, -0.1) is 0 Å². The van der Waals surface area contributed by atoms with Crippen molar-refractivity contribution >= 4 is 6.09 Å². The second-order valence-corrected chi connectivity index (χ2v) is 2.22. The van der Waals surface area contributed by atoms with Crippen molar-refractivity contribution in [1.29, 1.82) is 0 Å². The molecule has 0 aliphatic carbocycles. The molecule has 4 nitrogen and oxygen atoms in total. The molecular weight excluding hydrogens is 122 g/mol. The molecule has 2 saturated heterocycles. The van der Waals surface area contributed by atoms with Gasteiger partial charge in [0.1, 0.15) is 12.7 Å². The molecule has 1 amide bonds. The third-order valence-corrected chi connectivity index (χ3v) is 1.51. The number of alkyl carbamates (subject to hydrolysis) is 1. The molecule has 2 heterocycles. The summed E-state index contributed by atoms with van der Waals surface area (Å²) >= 11 is 0. The highest BCUT2D eigenvalue weighted by molar-refractivity contribution is 5.69. The molecule has 50 valence electrons. The molecule has 2 atom stereocenters. The van der Waals surface area contributed by atoms with Crippen LogP contribution in [0.15, 0.2) is 0 Å². The number of ether oxygens (including phenoxy) is 2. The summed E-state index contributed by atoms with van der Waals surface area (Å²) in [5.74, 6) is 0. The van der Waals surface area contributed by atoms with Gasteiger partial charge < -0.3 is 14.8 Å². The van der Waals surface area contributed by atoms with Crippen LogP contribution in [0.4, 0.5) is 4.79 Å². The summed E-state index contributed by atoms with van der Waals surface area (Å²) in [6, 6.07) is 0.109. The van der Waals surface area contributed by atoms with E-state index in [-0.39, 0.29) is 18.2 Å². The van der Waals surface area contributed by atoms with Gasteiger partial charge in [0.25, 0.3) is 0 Å². The maximum absolute atomic E-state index is 10.4. The first-order valence-electron chi connectivity index (χ1n) is 2.91. The number of rotatable bonds is 1. The average molecular weight is 129 g/mol. The summed E-state index contributed by atoms with van der Waals surface area (Å²) in [4.78, 5) is 10.4. The predicted octanol–water partition coefficient (Wildman–Crippen LogP) is -0.506. The zero-order valence-electron chi connectivity index (χ0n) is 4.79. The molecule has 0 radical (unpaired) electrons. The average Bonchev–Trinajstić information content (AvgIpc) is 2.58. The molecule has 0 spiro atoms. The van der Waals surface area contributed by atoms with Crippen LogP contribution in [0.1, 0.15) is 0 Å². The molecule has 1 N–H and O–H groups in total. The van der Waals surface area contributed by atoms with E-state index in [1.54, 1.807) is 0 Å². The van der Waals surface area contributed by atoms with Crippen molar-refractivity contribution in [3.8, 4) is 0 Å². The van der Waals surface area contributed by atoms with Crippen molar-refractivity contribution in [1.82, 2.24) is 5.32 Å². The van der Waals surface area contributed by atoms with Crippen molar-refractivity contribution in [2.75, 3.05) is 13.2 Å². The van der Waals surface area contributed by atoms with Gasteiger partial charge in [0, 0.05) is 0 Å². The van der Waals surface area contributed by atoms with Crippen molar-refractivity contribution in [2.45, 2.75) is 12.1 Å². The minimum absolute atomic E-state index is 0.109. The van der Waals surface area contributed by atoms with Gasteiger partial charge in [0.15, 0.2) is 0 Å². The Balaban J connectivity index is 1.92. The first kappa shape index (κ1) is 5.05. The number of amides is 1. The molecule has 1 unspecified atom stereocenters. The number of epoxide rings is 1. The van der Waals surface area contributed by atoms with E-state index in [1.807, 2.05) is 0 Å². The maximum atomic E-state index is 10.4. The minimum atomic E-state index is -0.324. The normalized spacial score (nSPS) is 39.8. The molecule has 2 fully saturated rings. The Bertz CT molecular complexity index is 143. The van der Waals surface area contributed by atoms with Crippen LogP contribution >= 0.6 is 0 Å². The minimum Gasteiger partial charge on any atom is -0.447 e. The molecule has 2 rings (SSSR count). The second-order valence-electron chi connectivity index (χ2n) is 2.22. The summed E-state index contributed by atoms with van der Waals surface area (Å²) in [6.07, 6.45) is -0.105. The Kier molecular flexibility index (Phi) is 0.900. The molecule has 0 bridgehead atoms. The van der Waals surface area contributed by atoms with E-state index in [9.17, 15) is 4.79 Å². The van der Waals surface area contributed by atoms with Gasteiger partial charge >= 0.3 is 6.09 Å². The van der Waals surface area contributed by atoms with Crippen LogP contribution in [-0.2, 0) is 9.47 Å². The van der Waals surface area contributed by atoms with Gasteiger partial charge in [-0.05, 0) is 0 Å². The number of carbonyl (C=O) groups is 1. The zero-order valence-corrected chi connectivity index (χ0v) is 4.79. The van der Waals surface area contributed by atoms with E-state index >= 15 is 0 Å². The number of hydrogen-bond donors (Lipinski definition) is 1. The van der Waals surface area contributed by atoms with Crippen LogP contribution in [-0.4, -0.2) is 31.5 Å². The van der Waals surface area contributed by atoms with Gasteiger partial charge in [-0.1, -0.05) is 0 Å². The Morgan fingerprint density at radius 2 is 2.33 bits per heavy atom. The third kappa shape index (κ3) is 0.853. The van der Waals surface area contributed by atoms with Crippen LogP contribution in [0, 0.1) is 0 Å². The van der Waals surface area contributed by atoms with Crippen molar-refractivity contribution in [3.05, 3.63) is 0 Å². The maximum Gasteiger partial charge on any atom is 0.407 e. The number of carbonyl (C=O) groups excluding carboxylic acids is 1. The summed E-state index contributed by atoms with van der Waals surface area (Å²) < 4.78 is 9.58. The first-order chi connectivity index (χ1) is 4.36. The second kappa shape index (κ2) is 1.60. The predicted molar refractivity (Wildman–Crippen MR) is 28.0 cm³/mol. The molecule has 9 heavy (non-hydrogen) atoms. The van der Waals surface area contributed by atoms with Gasteiger partial charge in [-0.25, -0.2) is 4.79 Å². The number of hydrogen-bond acceptors (Lipinski definition) is 3. The quantitative estimate of drug-likeness (QED) is 0.485. The summed E-state index contributed by atoms with van der Waals surface area (Å²) in [5.41, 5.74) is 0. The largest absolute Gasteiger partial charge is 0.447 e. The zero-order chi connectivity index (χ0) is 6.27. The van der Waals surface area contributed by atoms with Gasteiger partial charge in [0.2, 0.25) is 0 Å². The Morgan fingerprint density at radius 3 is 2.78 bits per heavy atom. The van der Waals surface area contributed by atoms with Crippen LogP contribution in [0.25, 0.3) is 0 Å². The highest BCUT2D eigenvalue weighted by atomic mass is 16.6. The smallest absolute Gasteiger partial charge is 0.407 e. The molecule has 2 aliphatic heterocycles. The van der Waals surface area contributed by atoms with Crippen LogP contribution < -0.4 is 5.32 Å². The SMILES string of the molecule is O=C1N[C@H](C2CO2)CO1. The Morgan fingerprint density at radius 1 is 1.56 bits per heavy atom. The van der Waals surface area contributed by atoms with E-state index in [4.69, 9.17) is 4.74 Å². The molecule has 0 aromatic rings. The fourth-order valence-electron chi connectivity index (χ4n) is 0.888. The Labute approximate surface area is 52.1 Å². The van der Waals surface area contributed by atoms with E-state index in [2.05, 4.69) is 10.1 Å². The lowest BCUT2D eigenvalue weighted by Crippen LogP contribution is -2.31. The van der Waals surface area contributed by atoms with Crippen molar-refractivity contribution < 1.29 is 14.3 Å². The summed E-state index contributed by atoms with van der Waals surface area (Å²) in [7, 11) is 0. The van der Waals surface area contributed by atoms with Crippen LogP contribution in [0.2, 0.25) is 0 Å². The number of cyclic esters (lactones) is 1. The van der Waals surface area contributed by atoms with E-state index in [0.717, 1.165) is 6.61 Å². The fraction of sp³-hybridized carbons (Fsp3) is 0.800. The van der Waals surface area contributed by atoms with Crippen LogP contribution in [0.5, 0.6) is 0 Å². The molecular formula is C5H7NO3. The summed E-state index contributed by atoms with van der Waals surface area (Å²) in [5, 5.41) is 2.63. The van der Waals surface area contributed by atoms with E-state index in [1.165, 1.54) is 0 Å². The topological polar surface area (TPSA) is 50.9 Å². The van der Waals surface area contributed by atoms with Gasteiger partial charge in [-0.3, -0.25) is 0 Å². The fourth-order valence-corrected chi connectivity index (χ4v) is 0.888. The highest BCUT2D eigenvalue weighted by Gasteiger charge is 2.38. The monoisotopic (exact) mass is 129 g/mol.